The van der Waals surface area contributed by atoms with Gasteiger partial charge in [-0.25, -0.2) is 8.42 Å². The maximum absolute atomic E-state index is 13.9. The fourth-order valence-electron chi connectivity index (χ4n) is 3.74. The predicted octanol–water partition coefficient (Wildman–Crippen LogP) is 6.14. The molecule has 1 N–H and O–H groups in total. The normalized spacial score (nSPS) is 12.2. The first-order valence-corrected chi connectivity index (χ1v) is 15.2. The number of rotatable bonds is 11. The molecule has 0 heterocycles. The van der Waals surface area contributed by atoms with Gasteiger partial charge in [-0.05, 0) is 61.4 Å². The fourth-order valence-corrected chi connectivity index (χ4v) is 5.96. The number of nitrogens with zero attached hydrogens (tertiary/aromatic N) is 2. The Bertz CT molecular complexity index is 1380. The van der Waals surface area contributed by atoms with Crippen LogP contribution in [0.4, 0.5) is 5.69 Å². The number of anilines is 1. The third-order valence-electron chi connectivity index (χ3n) is 5.97. The predicted molar refractivity (Wildman–Crippen MR) is 159 cm³/mol. The molecule has 0 spiro atoms. The van der Waals surface area contributed by atoms with Gasteiger partial charge in [0.2, 0.25) is 11.8 Å². The zero-order chi connectivity index (χ0) is 28.7. The van der Waals surface area contributed by atoms with Crippen LogP contribution in [-0.2, 0) is 26.2 Å². The van der Waals surface area contributed by atoms with E-state index in [1.54, 1.807) is 67.6 Å². The minimum Gasteiger partial charge on any atom is -0.354 e. The van der Waals surface area contributed by atoms with E-state index in [2.05, 4.69) is 21.2 Å². The second-order valence-electron chi connectivity index (χ2n) is 9.34. The molecule has 0 aromatic heterocycles. The van der Waals surface area contributed by atoms with Gasteiger partial charge in [0.1, 0.15) is 12.6 Å². The second kappa shape index (κ2) is 13.7. The zero-order valence-electron chi connectivity index (χ0n) is 21.8. The molecule has 0 saturated carbocycles. The summed E-state index contributed by atoms with van der Waals surface area (Å²) in [6, 6.07) is 18.5. The summed E-state index contributed by atoms with van der Waals surface area (Å²) in [7, 11) is -4.13. The minimum atomic E-state index is -4.13. The Morgan fingerprint density at radius 2 is 1.49 bits per heavy atom. The Hall–Kier alpha value is -2.59. The van der Waals surface area contributed by atoms with Gasteiger partial charge in [-0.15, -0.1) is 0 Å². The molecular formula is C28H30BrCl2N3O4S. The molecule has 3 aromatic carbocycles. The highest BCUT2D eigenvalue weighted by Gasteiger charge is 2.33. The molecule has 2 amide bonds. The molecule has 1 unspecified atom stereocenters. The van der Waals surface area contributed by atoms with E-state index in [-0.39, 0.29) is 23.3 Å². The minimum absolute atomic E-state index is 0.0316. The molecule has 39 heavy (non-hydrogen) atoms. The van der Waals surface area contributed by atoms with E-state index in [9.17, 15) is 18.0 Å². The van der Waals surface area contributed by atoms with Crippen LogP contribution >= 0.6 is 39.1 Å². The van der Waals surface area contributed by atoms with Crippen LogP contribution in [0.3, 0.4) is 0 Å². The number of halogens is 3. The Labute approximate surface area is 248 Å². The maximum Gasteiger partial charge on any atom is 0.264 e. The van der Waals surface area contributed by atoms with Gasteiger partial charge in [0, 0.05) is 33.2 Å². The maximum atomic E-state index is 13.9. The lowest BCUT2D eigenvalue weighted by Crippen LogP contribution is -2.51. The molecule has 0 aliphatic rings. The third-order valence-corrected chi connectivity index (χ3v) is 8.99. The molecule has 0 radical (unpaired) electrons. The molecule has 208 valence electrons. The topological polar surface area (TPSA) is 86.8 Å². The van der Waals surface area contributed by atoms with Crippen LogP contribution in [0.15, 0.2) is 82.2 Å². The Morgan fingerprint density at radius 3 is 2.05 bits per heavy atom. The van der Waals surface area contributed by atoms with Crippen molar-refractivity contribution < 1.29 is 18.0 Å². The molecule has 0 fully saturated rings. The first-order chi connectivity index (χ1) is 18.4. The zero-order valence-corrected chi connectivity index (χ0v) is 25.7. The summed E-state index contributed by atoms with van der Waals surface area (Å²) in [5.74, 6) is -0.769. The molecule has 7 nitrogen and oxygen atoms in total. The van der Waals surface area contributed by atoms with Crippen LogP contribution in [0.5, 0.6) is 0 Å². The van der Waals surface area contributed by atoms with E-state index in [0.717, 1.165) is 8.78 Å². The number of sulfonamides is 1. The number of carbonyl (C=O) groups is 2. The largest absolute Gasteiger partial charge is 0.354 e. The van der Waals surface area contributed by atoms with E-state index < -0.39 is 28.5 Å². The molecule has 0 aliphatic heterocycles. The van der Waals surface area contributed by atoms with Crippen LogP contribution in [0, 0.1) is 5.92 Å². The van der Waals surface area contributed by atoms with Crippen molar-refractivity contribution >= 4 is 66.7 Å². The van der Waals surface area contributed by atoms with Crippen molar-refractivity contribution in [3.8, 4) is 0 Å². The SMILES string of the molecule is CC(C)CNC(=O)C(C)N(Cc1c(Cl)cccc1Cl)C(=O)CN(c1ccc(Br)cc1)S(=O)(=O)c1ccccc1. The number of amides is 2. The van der Waals surface area contributed by atoms with Crippen LogP contribution in [0.1, 0.15) is 26.3 Å². The Morgan fingerprint density at radius 1 is 0.897 bits per heavy atom. The Kier molecular flexibility index (Phi) is 10.8. The average molecular weight is 655 g/mol. The number of benzene rings is 3. The smallest absolute Gasteiger partial charge is 0.264 e. The highest BCUT2D eigenvalue weighted by atomic mass is 79.9. The monoisotopic (exact) mass is 653 g/mol. The van der Waals surface area contributed by atoms with Gasteiger partial charge in [-0.3, -0.25) is 13.9 Å². The lowest BCUT2D eigenvalue weighted by Gasteiger charge is -2.32. The second-order valence-corrected chi connectivity index (χ2v) is 12.9. The van der Waals surface area contributed by atoms with Crippen molar-refractivity contribution in [3.63, 3.8) is 0 Å². The summed E-state index contributed by atoms with van der Waals surface area (Å²) < 4.78 is 29.3. The van der Waals surface area contributed by atoms with E-state index in [4.69, 9.17) is 23.2 Å². The summed E-state index contributed by atoms with van der Waals surface area (Å²) in [5.41, 5.74) is 0.752. The lowest BCUT2D eigenvalue weighted by molar-refractivity contribution is -0.139. The Balaban J connectivity index is 2.03. The van der Waals surface area contributed by atoms with Gasteiger partial charge in [0.15, 0.2) is 0 Å². The molecule has 1 atom stereocenters. The van der Waals surface area contributed by atoms with Gasteiger partial charge in [0.25, 0.3) is 10.0 Å². The van der Waals surface area contributed by atoms with Crippen LogP contribution in [0.25, 0.3) is 0 Å². The van der Waals surface area contributed by atoms with Gasteiger partial charge in [0.05, 0.1) is 10.6 Å². The first-order valence-electron chi connectivity index (χ1n) is 12.2. The summed E-state index contributed by atoms with van der Waals surface area (Å²) >= 11 is 16.2. The molecule has 3 aromatic rings. The van der Waals surface area contributed by atoms with Crippen LogP contribution in [0.2, 0.25) is 10.0 Å². The van der Waals surface area contributed by atoms with Crippen LogP contribution in [-0.4, -0.2) is 44.3 Å². The van der Waals surface area contributed by atoms with Crippen LogP contribution < -0.4 is 9.62 Å². The van der Waals surface area contributed by atoms with E-state index in [1.165, 1.54) is 17.0 Å². The molecule has 0 bridgehead atoms. The summed E-state index contributed by atoms with van der Waals surface area (Å²) in [6.45, 7) is 5.29. The standard InChI is InChI=1S/C28H30BrCl2N3O4S/c1-19(2)16-32-28(36)20(3)33(17-24-25(30)10-7-11-26(24)31)27(35)18-34(22-14-12-21(29)13-15-22)39(37,38)23-8-5-4-6-9-23/h4-15,19-20H,16-18H2,1-3H3,(H,32,36). The lowest BCUT2D eigenvalue weighted by atomic mass is 10.1. The van der Waals surface area contributed by atoms with Crippen molar-refractivity contribution in [1.29, 1.82) is 0 Å². The molecular weight excluding hydrogens is 625 g/mol. The molecule has 0 aliphatic carbocycles. The quantitative estimate of drug-likeness (QED) is 0.269. The van der Waals surface area contributed by atoms with Gasteiger partial charge >= 0.3 is 0 Å². The fraction of sp³-hybridized carbons (Fsp3) is 0.286. The van der Waals surface area contributed by atoms with E-state index >= 15 is 0 Å². The number of carbonyl (C=O) groups excluding carboxylic acids is 2. The van der Waals surface area contributed by atoms with Crippen molar-refractivity contribution in [1.82, 2.24) is 10.2 Å². The number of hydrogen-bond acceptors (Lipinski definition) is 4. The summed E-state index contributed by atoms with van der Waals surface area (Å²) in [6.07, 6.45) is 0. The van der Waals surface area contributed by atoms with Gasteiger partial charge in [-0.2, -0.15) is 0 Å². The first kappa shape index (κ1) is 30.9. The van der Waals surface area contributed by atoms with Crippen molar-refractivity contribution in [2.75, 3.05) is 17.4 Å². The van der Waals surface area contributed by atoms with E-state index in [1.807, 2.05) is 13.8 Å². The summed E-state index contributed by atoms with van der Waals surface area (Å²) in [4.78, 5) is 28.3. The molecule has 0 saturated heterocycles. The van der Waals surface area contributed by atoms with Crippen molar-refractivity contribution in [2.24, 2.45) is 5.92 Å². The number of nitrogens with one attached hydrogen (secondary N) is 1. The van der Waals surface area contributed by atoms with Crippen molar-refractivity contribution in [3.05, 3.63) is 92.9 Å². The van der Waals surface area contributed by atoms with Crippen molar-refractivity contribution in [2.45, 2.75) is 38.3 Å². The summed E-state index contributed by atoms with van der Waals surface area (Å²) in [5, 5.41) is 3.50. The van der Waals surface area contributed by atoms with E-state index in [0.29, 0.717) is 27.8 Å². The number of hydrogen-bond donors (Lipinski definition) is 1. The van der Waals surface area contributed by atoms with Gasteiger partial charge in [-0.1, -0.05) is 77.2 Å². The third kappa shape index (κ3) is 7.97. The average Bonchev–Trinajstić information content (AvgIpc) is 2.90. The highest BCUT2D eigenvalue weighted by Crippen LogP contribution is 2.29. The van der Waals surface area contributed by atoms with Gasteiger partial charge < -0.3 is 10.2 Å². The highest BCUT2D eigenvalue weighted by molar-refractivity contribution is 9.10. The molecule has 3 rings (SSSR count). The molecule has 11 heteroatoms.